The fourth-order valence-electron chi connectivity index (χ4n) is 1.12. The summed E-state index contributed by atoms with van der Waals surface area (Å²) in [6, 6.07) is 7.98. The number of alkyl halides is 2. The molecule has 70 valence electrons. The first-order chi connectivity index (χ1) is 6.27. The Morgan fingerprint density at radius 1 is 1.15 bits per heavy atom. The number of halogens is 2. The van der Waals surface area contributed by atoms with Gasteiger partial charge in [0.05, 0.1) is 5.33 Å². The number of benzene rings is 1. The summed E-state index contributed by atoms with van der Waals surface area (Å²) in [7, 11) is 0. The van der Waals surface area contributed by atoms with Crippen LogP contribution in [0.25, 0.3) is 0 Å². The maximum atomic E-state index is 11.2. The Bertz CT molecular complexity index is 297. The van der Waals surface area contributed by atoms with E-state index in [-0.39, 0.29) is 5.78 Å². The molecule has 1 nitrogen and oxygen atoms in total. The average Bonchev–Trinajstić information content (AvgIpc) is 2.18. The summed E-state index contributed by atoms with van der Waals surface area (Å²) < 4.78 is 0. The first-order valence-corrected chi connectivity index (χ1v) is 6.22. The van der Waals surface area contributed by atoms with Crippen molar-refractivity contribution in [3.05, 3.63) is 35.4 Å². The van der Waals surface area contributed by atoms with Crippen molar-refractivity contribution in [3.63, 3.8) is 0 Å². The maximum Gasteiger partial charge on any atom is 0.147 e. The highest BCUT2D eigenvalue weighted by Crippen LogP contribution is 2.13. The lowest BCUT2D eigenvalue weighted by atomic mass is 10.0. The van der Waals surface area contributed by atoms with E-state index in [4.69, 9.17) is 0 Å². The van der Waals surface area contributed by atoms with Crippen molar-refractivity contribution in [2.75, 3.05) is 5.33 Å². The van der Waals surface area contributed by atoms with E-state index in [0.717, 1.165) is 10.9 Å². The number of hydrogen-bond donors (Lipinski definition) is 0. The van der Waals surface area contributed by atoms with Gasteiger partial charge < -0.3 is 0 Å². The molecule has 1 aromatic carbocycles. The molecule has 0 unspecified atom stereocenters. The molecule has 3 heteroatoms. The molecule has 13 heavy (non-hydrogen) atoms. The summed E-state index contributed by atoms with van der Waals surface area (Å²) in [6.45, 7) is 0. The van der Waals surface area contributed by atoms with Gasteiger partial charge in [-0.05, 0) is 11.1 Å². The van der Waals surface area contributed by atoms with Crippen molar-refractivity contribution in [2.45, 2.75) is 11.8 Å². The van der Waals surface area contributed by atoms with E-state index in [2.05, 4.69) is 31.9 Å². The molecule has 1 rings (SSSR count). The first kappa shape index (κ1) is 10.9. The molecule has 0 aliphatic rings. The average molecular weight is 306 g/mol. The Labute approximate surface area is 94.8 Å². The zero-order valence-electron chi connectivity index (χ0n) is 7.09. The standard InChI is InChI=1S/C10H10Br2O/c11-6-9-4-2-1-3-8(9)5-10(13)7-12/h1-4H,5-7H2. The summed E-state index contributed by atoms with van der Waals surface area (Å²) in [5.74, 6) is 0.216. The molecular formula is C10H10Br2O. The monoisotopic (exact) mass is 304 g/mol. The molecule has 0 aliphatic heterocycles. The lowest BCUT2D eigenvalue weighted by molar-refractivity contribution is -0.115. The van der Waals surface area contributed by atoms with Gasteiger partial charge in [0.1, 0.15) is 5.78 Å². The molecule has 0 bridgehead atoms. The van der Waals surface area contributed by atoms with E-state index in [1.165, 1.54) is 5.56 Å². The smallest absolute Gasteiger partial charge is 0.147 e. The van der Waals surface area contributed by atoms with Crippen molar-refractivity contribution in [1.29, 1.82) is 0 Å². The van der Waals surface area contributed by atoms with Crippen LogP contribution in [-0.2, 0) is 16.5 Å². The van der Waals surface area contributed by atoms with E-state index in [1.54, 1.807) is 0 Å². The summed E-state index contributed by atoms with van der Waals surface area (Å²) >= 11 is 6.55. The first-order valence-electron chi connectivity index (χ1n) is 3.98. The third kappa shape index (κ3) is 3.24. The lowest BCUT2D eigenvalue weighted by Gasteiger charge is -2.04. The number of Topliss-reactive ketones (excluding diaryl/α,β-unsaturated/α-hetero) is 1. The van der Waals surface area contributed by atoms with Crippen molar-refractivity contribution in [1.82, 2.24) is 0 Å². The molecule has 0 radical (unpaired) electrons. The van der Waals surface area contributed by atoms with Gasteiger partial charge in [-0.15, -0.1) is 0 Å². The van der Waals surface area contributed by atoms with Gasteiger partial charge in [-0.25, -0.2) is 0 Å². The molecule has 0 fully saturated rings. The van der Waals surface area contributed by atoms with Crippen molar-refractivity contribution < 1.29 is 4.79 Å². The van der Waals surface area contributed by atoms with Crippen LogP contribution in [0, 0.1) is 0 Å². The zero-order valence-corrected chi connectivity index (χ0v) is 10.3. The molecule has 0 saturated carbocycles. The fourth-order valence-corrected chi connectivity index (χ4v) is 1.87. The van der Waals surface area contributed by atoms with Crippen LogP contribution in [0.3, 0.4) is 0 Å². The van der Waals surface area contributed by atoms with Crippen LogP contribution in [0.2, 0.25) is 0 Å². The Kier molecular flexibility index (Phi) is 4.67. The maximum absolute atomic E-state index is 11.2. The van der Waals surface area contributed by atoms with Crippen LogP contribution >= 0.6 is 31.9 Å². The second-order valence-electron chi connectivity index (χ2n) is 2.75. The second-order valence-corrected chi connectivity index (χ2v) is 3.87. The van der Waals surface area contributed by atoms with Gasteiger partial charge in [0.25, 0.3) is 0 Å². The number of rotatable bonds is 4. The molecule has 0 atom stereocenters. The van der Waals surface area contributed by atoms with Gasteiger partial charge in [0, 0.05) is 11.8 Å². The molecule has 0 saturated heterocycles. The predicted molar refractivity (Wildman–Crippen MR) is 61.6 cm³/mol. The van der Waals surface area contributed by atoms with Gasteiger partial charge in [0.2, 0.25) is 0 Å². The topological polar surface area (TPSA) is 17.1 Å². The molecule has 0 heterocycles. The van der Waals surface area contributed by atoms with E-state index < -0.39 is 0 Å². The van der Waals surface area contributed by atoms with E-state index in [0.29, 0.717) is 11.8 Å². The van der Waals surface area contributed by atoms with E-state index in [9.17, 15) is 4.79 Å². The van der Waals surface area contributed by atoms with Gasteiger partial charge >= 0.3 is 0 Å². The largest absolute Gasteiger partial charge is 0.298 e. The van der Waals surface area contributed by atoms with E-state index >= 15 is 0 Å². The van der Waals surface area contributed by atoms with E-state index in [1.807, 2.05) is 24.3 Å². The van der Waals surface area contributed by atoms with Gasteiger partial charge in [-0.3, -0.25) is 4.79 Å². The van der Waals surface area contributed by atoms with Crippen LogP contribution in [0.15, 0.2) is 24.3 Å². The minimum Gasteiger partial charge on any atom is -0.298 e. The zero-order chi connectivity index (χ0) is 9.68. The summed E-state index contributed by atoms with van der Waals surface area (Å²) in [5, 5.41) is 1.24. The van der Waals surface area contributed by atoms with Crippen molar-refractivity contribution in [3.8, 4) is 0 Å². The molecular weight excluding hydrogens is 296 g/mol. The molecule has 0 amide bonds. The minimum absolute atomic E-state index is 0.216. The third-order valence-corrected chi connectivity index (χ3v) is 3.03. The highest BCUT2D eigenvalue weighted by Gasteiger charge is 2.04. The van der Waals surface area contributed by atoms with Crippen molar-refractivity contribution in [2.24, 2.45) is 0 Å². The van der Waals surface area contributed by atoms with Gasteiger partial charge in [-0.2, -0.15) is 0 Å². The summed E-state index contributed by atoms with van der Waals surface area (Å²) in [6.07, 6.45) is 0.521. The van der Waals surface area contributed by atoms with Crippen molar-refractivity contribution >= 4 is 37.6 Å². The number of ketones is 1. The van der Waals surface area contributed by atoms with Crippen LogP contribution in [0.1, 0.15) is 11.1 Å². The molecule has 1 aromatic rings. The second kappa shape index (κ2) is 5.55. The van der Waals surface area contributed by atoms with Crippen LogP contribution in [-0.4, -0.2) is 11.1 Å². The Morgan fingerprint density at radius 2 is 1.77 bits per heavy atom. The Hall–Kier alpha value is -0.150. The van der Waals surface area contributed by atoms with Crippen LogP contribution in [0.4, 0.5) is 0 Å². The van der Waals surface area contributed by atoms with Gasteiger partial charge in [-0.1, -0.05) is 56.1 Å². The number of carbonyl (C=O) groups excluding carboxylic acids is 1. The fraction of sp³-hybridized carbons (Fsp3) is 0.300. The quantitative estimate of drug-likeness (QED) is 0.781. The predicted octanol–water partition coefficient (Wildman–Crippen LogP) is 3.09. The highest BCUT2D eigenvalue weighted by molar-refractivity contribution is 9.09. The molecule has 0 N–H and O–H groups in total. The summed E-state index contributed by atoms with van der Waals surface area (Å²) in [4.78, 5) is 11.2. The Balaban J connectivity index is 2.81. The lowest BCUT2D eigenvalue weighted by Crippen LogP contribution is -2.05. The highest BCUT2D eigenvalue weighted by atomic mass is 79.9. The SMILES string of the molecule is O=C(CBr)Cc1ccccc1CBr. The number of hydrogen-bond acceptors (Lipinski definition) is 1. The normalized spacial score (nSPS) is 10.0. The van der Waals surface area contributed by atoms with Crippen LogP contribution in [0.5, 0.6) is 0 Å². The van der Waals surface area contributed by atoms with Gasteiger partial charge in [0.15, 0.2) is 0 Å². The molecule has 0 aliphatic carbocycles. The Morgan fingerprint density at radius 3 is 2.31 bits per heavy atom. The third-order valence-electron chi connectivity index (χ3n) is 1.80. The molecule has 0 aromatic heterocycles. The van der Waals surface area contributed by atoms with Crippen LogP contribution < -0.4 is 0 Å². The summed E-state index contributed by atoms with van der Waals surface area (Å²) in [5.41, 5.74) is 2.31. The molecule has 0 spiro atoms. The number of carbonyl (C=O) groups is 1. The minimum atomic E-state index is 0.216.